The van der Waals surface area contributed by atoms with Crippen LogP contribution in [0.3, 0.4) is 0 Å². The van der Waals surface area contributed by atoms with E-state index < -0.39 is 0 Å². The second kappa shape index (κ2) is 5.16. The lowest BCUT2D eigenvalue weighted by atomic mass is 10.1. The van der Waals surface area contributed by atoms with Gasteiger partial charge in [-0.05, 0) is 13.0 Å². The third kappa shape index (κ3) is 2.59. The van der Waals surface area contributed by atoms with E-state index in [4.69, 9.17) is 5.73 Å². The Labute approximate surface area is 109 Å². The number of nitrogens with one attached hydrogen (secondary N) is 1. The van der Waals surface area contributed by atoms with E-state index in [1.807, 2.05) is 11.7 Å². The first-order valence-corrected chi connectivity index (χ1v) is 6.51. The van der Waals surface area contributed by atoms with Gasteiger partial charge in [-0.3, -0.25) is 0 Å². The number of hydrogen-bond donors (Lipinski definition) is 2. The van der Waals surface area contributed by atoms with Crippen molar-refractivity contribution in [2.45, 2.75) is 19.8 Å². The highest BCUT2D eigenvalue weighted by Crippen LogP contribution is 2.28. The van der Waals surface area contributed by atoms with Crippen molar-refractivity contribution in [1.82, 2.24) is 19.7 Å². The lowest BCUT2D eigenvalue weighted by Crippen LogP contribution is -2.47. The van der Waals surface area contributed by atoms with Crippen LogP contribution in [0.15, 0.2) is 0 Å². The van der Waals surface area contributed by atoms with Crippen LogP contribution in [0, 0.1) is 0 Å². The van der Waals surface area contributed by atoms with Crippen molar-refractivity contribution in [1.29, 1.82) is 0 Å². The molecule has 0 spiro atoms. The first-order valence-electron chi connectivity index (χ1n) is 6.51. The Kier molecular flexibility index (Phi) is 3.77. The van der Waals surface area contributed by atoms with Gasteiger partial charge >= 0.3 is 0 Å². The smallest absolute Gasteiger partial charge is 0.162 e. The van der Waals surface area contributed by atoms with Crippen LogP contribution < -0.4 is 11.2 Å². The van der Waals surface area contributed by atoms with Crippen molar-refractivity contribution in [3.63, 3.8) is 0 Å². The summed E-state index contributed by atoms with van der Waals surface area (Å²) in [4.78, 5) is 2.32. The van der Waals surface area contributed by atoms with Gasteiger partial charge in [0.15, 0.2) is 5.82 Å². The molecule has 0 amide bonds. The molecule has 1 aromatic rings. The molecule has 1 saturated heterocycles. The molecule has 0 unspecified atom stereocenters. The van der Waals surface area contributed by atoms with Crippen molar-refractivity contribution in [3.8, 4) is 0 Å². The molecule has 3 N–H and O–H groups in total. The number of aromatic nitrogens is 2. The Morgan fingerprint density at radius 3 is 2.28 bits per heavy atom. The molecule has 0 atom stereocenters. The van der Waals surface area contributed by atoms with Gasteiger partial charge in [0.05, 0.1) is 11.4 Å². The summed E-state index contributed by atoms with van der Waals surface area (Å²) < 4.78 is 1.84. The highest BCUT2D eigenvalue weighted by atomic mass is 15.6. The van der Waals surface area contributed by atoms with Gasteiger partial charge < -0.3 is 16.1 Å². The number of anilines is 2. The fraction of sp³-hybridized carbons (Fsp3) is 0.750. The van der Waals surface area contributed by atoms with E-state index in [1.165, 1.54) is 0 Å². The van der Waals surface area contributed by atoms with Gasteiger partial charge in [-0.25, -0.2) is 9.69 Å². The summed E-state index contributed by atoms with van der Waals surface area (Å²) in [6.07, 6.45) is 0. The Balaban J connectivity index is 2.09. The summed E-state index contributed by atoms with van der Waals surface area (Å²) in [5.41, 5.74) is 11.3. The maximum Gasteiger partial charge on any atom is 0.162 e. The number of likely N-dealkylation sites (N-methyl/N-ethyl adjacent to an activating group) is 1. The lowest BCUT2D eigenvalue weighted by molar-refractivity contribution is 0.178. The highest BCUT2D eigenvalue weighted by Gasteiger charge is 2.19. The molecule has 1 fully saturated rings. The Morgan fingerprint density at radius 2 is 1.78 bits per heavy atom. The maximum atomic E-state index is 6.17. The molecule has 0 saturated carbocycles. The molecule has 0 aliphatic carbocycles. The largest absolute Gasteiger partial charge is 0.394 e. The minimum atomic E-state index is 0.347. The zero-order valence-corrected chi connectivity index (χ0v) is 11.8. The molecular weight excluding hydrogens is 228 g/mol. The van der Waals surface area contributed by atoms with E-state index in [9.17, 15) is 0 Å². The quantitative estimate of drug-likeness (QED) is 0.829. The third-order valence-electron chi connectivity index (χ3n) is 3.43. The van der Waals surface area contributed by atoms with Crippen LogP contribution in [0.1, 0.15) is 25.5 Å². The van der Waals surface area contributed by atoms with Crippen molar-refractivity contribution < 1.29 is 0 Å². The van der Waals surface area contributed by atoms with Crippen LogP contribution in [0.2, 0.25) is 0 Å². The van der Waals surface area contributed by atoms with Crippen molar-refractivity contribution in [2.75, 3.05) is 44.4 Å². The number of piperazine rings is 1. The van der Waals surface area contributed by atoms with Crippen LogP contribution in [-0.4, -0.2) is 52.9 Å². The van der Waals surface area contributed by atoms with Crippen molar-refractivity contribution in [3.05, 3.63) is 5.69 Å². The number of hydrogen-bond acceptors (Lipinski definition) is 5. The fourth-order valence-electron chi connectivity index (χ4n) is 2.19. The second-order valence-electron chi connectivity index (χ2n) is 5.33. The predicted octanol–water partition coefficient (Wildman–Crippen LogP) is 0.700. The summed E-state index contributed by atoms with van der Waals surface area (Å²) in [5, 5.41) is 6.69. The molecule has 0 aromatic carbocycles. The van der Waals surface area contributed by atoms with Gasteiger partial charge in [0.2, 0.25) is 0 Å². The monoisotopic (exact) mass is 252 g/mol. The lowest BCUT2D eigenvalue weighted by Gasteiger charge is -2.33. The predicted molar refractivity (Wildman–Crippen MR) is 74.4 cm³/mol. The van der Waals surface area contributed by atoms with Crippen LogP contribution in [-0.2, 0) is 7.05 Å². The first kappa shape index (κ1) is 13.2. The average Bonchev–Trinajstić information content (AvgIpc) is 2.60. The summed E-state index contributed by atoms with van der Waals surface area (Å²) in [6, 6.07) is 0. The summed E-state index contributed by atoms with van der Waals surface area (Å²) >= 11 is 0. The minimum Gasteiger partial charge on any atom is -0.394 e. The highest BCUT2D eigenvalue weighted by molar-refractivity contribution is 5.65. The molecule has 6 nitrogen and oxygen atoms in total. The van der Waals surface area contributed by atoms with E-state index in [0.717, 1.165) is 43.4 Å². The molecule has 1 aromatic heterocycles. The second-order valence-corrected chi connectivity index (χ2v) is 5.33. The maximum absolute atomic E-state index is 6.17. The van der Waals surface area contributed by atoms with E-state index in [-0.39, 0.29) is 0 Å². The molecular formula is C12H24N6. The van der Waals surface area contributed by atoms with E-state index in [0.29, 0.717) is 5.92 Å². The molecule has 102 valence electrons. The summed E-state index contributed by atoms with van der Waals surface area (Å²) in [7, 11) is 4.08. The van der Waals surface area contributed by atoms with E-state index in [2.05, 4.69) is 41.3 Å². The summed E-state index contributed by atoms with van der Waals surface area (Å²) in [5.74, 6) is 1.25. The molecule has 0 radical (unpaired) electrons. The Morgan fingerprint density at radius 1 is 1.17 bits per heavy atom. The minimum absolute atomic E-state index is 0.347. The van der Waals surface area contributed by atoms with Gasteiger partial charge in [-0.15, -0.1) is 0 Å². The molecule has 0 bridgehead atoms. The first-order chi connectivity index (χ1) is 8.49. The van der Waals surface area contributed by atoms with Gasteiger partial charge in [0.1, 0.15) is 0 Å². The third-order valence-corrected chi connectivity index (χ3v) is 3.43. The Hall–Kier alpha value is -1.27. The van der Waals surface area contributed by atoms with Crippen LogP contribution in [0.5, 0.6) is 0 Å². The number of nitrogens with two attached hydrogens (primary N) is 1. The van der Waals surface area contributed by atoms with Crippen LogP contribution in [0.4, 0.5) is 11.5 Å². The number of hydrazine groups is 1. The van der Waals surface area contributed by atoms with Gasteiger partial charge in [0.25, 0.3) is 0 Å². The topological polar surface area (TPSA) is 62.4 Å². The van der Waals surface area contributed by atoms with E-state index in [1.54, 1.807) is 0 Å². The SMILES string of the molecule is CC(C)c1nn(C)c(NN2CCN(C)CC2)c1N. The zero-order chi connectivity index (χ0) is 13.3. The number of aryl methyl sites for hydroxylation is 1. The Bertz CT molecular complexity index is 403. The summed E-state index contributed by atoms with van der Waals surface area (Å²) in [6.45, 7) is 8.36. The standard InChI is InChI=1S/C12H24N6/c1-9(2)11-10(13)12(17(4)14-11)15-18-7-5-16(3)6-8-18/h9,15H,5-8,13H2,1-4H3. The normalized spacial score (nSPS) is 18.5. The molecule has 2 heterocycles. The van der Waals surface area contributed by atoms with Crippen LogP contribution in [0.25, 0.3) is 0 Å². The van der Waals surface area contributed by atoms with Crippen LogP contribution >= 0.6 is 0 Å². The fourth-order valence-corrected chi connectivity index (χ4v) is 2.19. The van der Waals surface area contributed by atoms with Gasteiger partial charge in [-0.2, -0.15) is 5.10 Å². The van der Waals surface area contributed by atoms with Crippen molar-refractivity contribution in [2.24, 2.45) is 7.05 Å². The number of nitrogen functional groups attached to an aromatic ring is 1. The molecule has 18 heavy (non-hydrogen) atoms. The zero-order valence-electron chi connectivity index (χ0n) is 11.8. The average molecular weight is 252 g/mol. The molecule has 1 aliphatic rings. The molecule has 6 heteroatoms. The van der Waals surface area contributed by atoms with Crippen molar-refractivity contribution >= 4 is 11.5 Å². The number of rotatable bonds is 3. The van der Waals surface area contributed by atoms with Gasteiger partial charge in [0, 0.05) is 33.2 Å². The number of nitrogens with zero attached hydrogens (tertiary/aromatic N) is 4. The van der Waals surface area contributed by atoms with Gasteiger partial charge in [-0.1, -0.05) is 13.8 Å². The molecule has 2 rings (SSSR count). The molecule has 1 aliphatic heterocycles. The van der Waals surface area contributed by atoms with E-state index >= 15 is 0 Å².